The molecule has 1 rings (SSSR count). The summed E-state index contributed by atoms with van der Waals surface area (Å²) in [6.45, 7) is 0. The molecule has 3 N–H and O–H groups in total. The van der Waals surface area contributed by atoms with Gasteiger partial charge in [0, 0.05) is 28.7 Å². The van der Waals surface area contributed by atoms with E-state index in [4.69, 9.17) is 5.73 Å². The average Bonchev–Trinajstić information content (AvgIpc) is 1.96. The molecule has 8 heteroatoms. The number of benzene rings is 1. The molecule has 1 aromatic carbocycles. The highest BCUT2D eigenvalue weighted by molar-refractivity contribution is 9.11. The molecule has 5 nitrogen and oxygen atoms in total. The van der Waals surface area contributed by atoms with Gasteiger partial charge in [-0.3, -0.25) is 0 Å². The van der Waals surface area contributed by atoms with Gasteiger partial charge in [-0.2, -0.15) is 0 Å². The van der Waals surface area contributed by atoms with Crippen molar-refractivity contribution in [1.82, 2.24) is 9.84 Å². The van der Waals surface area contributed by atoms with Crippen LogP contribution in [-0.2, 0) is 10.0 Å². The van der Waals surface area contributed by atoms with Gasteiger partial charge in [-0.15, -0.1) is 4.83 Å². The number of nitrogens with zero attached hydrogens (tertiary/aromatic N) is 1. The van der Waals surface area contributed by atoms with Crippen molar-refractivity contribution in [2.75, 3.05) is 19.8 Å². The van der Waals surface area contributed by atoms with E-state index in [9.17, 15) is 8.42 Å². The maximum atomic E-state index is 11.9. The van der Waals surface area contributed by atoms with Gasteiger partial charge in [0.1, 0.15) is 4.90 Å². The zero-order valence-electron chi connectivity index (χ0n) is 8.66. The van der Waals surface area contributed by atoms with Crippen LogP contribution < -0.4 is 10.6 Å². The van der Waals surface area contributed by atoms with Crippen molar-refractivity contribution in [2.24, 2.45) is 0 Å². The number of hydrazine groups is 1. The smallest absolute Gasteiger partial charge is 0.255 e. The molecule has 0 radical (unpaired) electrons. The monoisotopic (exact) mass is 371 g/mol. The first kappa shape index (κ1) is 13.9. The highest BCUT2D eigenvalue weighted by Crippen LogP contribution is 2.32. The minimum Gasteiger partial charge on any atom is -0.399 e. The van der Waals surface area contributed by atoms with Gasteiger partial charge in [0.2, 0.25) is 0 Å². The van der Waals surface area contributed by atoms with Crippen LogP contribution >= 0.6 is 31.9 Å². The quantitative estimate of drug-likeness (QED) is 0.623. The van der Waals surface area contributed by atoms with Crippen LogP contribution in [0.3, 0.4) is 0 Å². The van der Waals surface area contributed by atoms with Crippen molar-refractivity contribution in [1.29, 1.82) is 0 Å². The lowest BCUT2D eigenvalue weighted by Gasteiger charge is -2.15. The summed E-state index contributed by atoms with van der Waals surface area (Å²) in [5.74, 6) is 0. The van der Waals surface area contributed by atoms with Gasteiger partial charge in [0.15, 0.2) is 0 Å². The molecule has 0 unspecified atom stereocenters. The summed E-state index contributed by atoms with van der Waals surface area (Å²) in [4.78, 5) is 2.46. The van der Waals surface area contributed by atoms with E-state index in [-0.39, 0.29) is 4.90 Å². The Hall–Kier alpha value is -0.150. The summed E-state index contributed by atoms with van der Waals surface area (Å²) in [7, 11) is -0.423. The number of nitrogen functional groups attached to an aromatic ring is 1. The molecule has 0 heterocycles. The zero-order valence-corrected chi connectivity index (χ0v) is 12.6. The van der Waals surface area contributed by atoms with E-state index >= 15 is 0 Å². The predicted molar refractivity (Wildman–Crippen MR) is 70.3 cm³/mol. The van der Waals surface area contributed by atoms with E-state index in [1.54, 1.807) is 14.1 Å². The fourth-order valence-corrected chi connectivity index (χ4v) is 4.83. The van der Waals surface area contributed by atoms with Crippen molar-refractivity contribution in [2.45, 2.75) is 4.90 Å². The molecule has 0 aromatic heterocycles. The molecule has 0 fully saturated rings. The van der Waals surface area contributed by atoms with E-state index < -0.39 is 10.0 Å². The standard InChI is InChI=1S/C8H11Br2N3O2S/c1-13(2)12-16(14,15)8-6(9)3-5(11)4-7(8)10/h3-4,12H,11H2,1-2H3. The fourth-order valence-electron chi connectivity index (χ4n) is 1.12. The first-order valence-corrected chi connectivity index (χ1v) is 7.25. The van der Waals surface area contributed by atoms with Crippen LogP contribution in [0.1, 0.15) is 0 Å². The average molecular weight is 373 g/mol. The minimum absolute atomic E-state index is 0.121. The highest BCUT2D eigenvalue weighted by Gasteiger charge is 2.22. The van der Waals surface area contributed by atoms with Gasteiger partial charge >= 0.3 is 0 Å². The number of nitrogens with two attached hydrogens (primary N) is 1. The van der Waals surface area contributed by atoms with E-state index in [1.807, 2.05) is 0 Å². The van der Waals surface area contributed by atoms with Crippen molar-refractivity contribution >= 4 is 47.6 Å². The van der Waals surface area contributed by atoms with Crippen LogP contribution in [-0.4, -0.2) is 27.5 Å². The summed E-state index contributed by atoms with van der Waals surface area (Å²) in [5, 5.41) is 1.35. The maximum Gasteiger partial charge on any atom is 0.255 e. The maximum absolute atomic E-state index is 11.9. The Bertz CT molecular complexity index is 479. The predicted octanol–water partition coefficient (Wildman–Crippen LogP) is 1.55. The van der Waals surface area contributed by atoms with Crippen molar-refractivity contribution in [3.8, 4) is 0 Å². The summed E-state index contributed by atoms with van der Waals surface area (Å²) < 4.78 is 24.7. The Balaban J connectivity index is 3.34. The number of halogens is 2. The SMILES string of the molecule is CN(C)NS(=O)(=O)c1c(Br)cc(N)cc1Br. The third kappa shape index (κ3) is 3.17. The Morgan fingerprint density at radius 2 is 1.69 bits per heavy atom. The summed E-state index contributed by atoms with van der Waals surface area (Å²) >= 11 is 6.35. The third-order valence-electron chi connectivity index (χ3n) is 1.59. The van der Waals surface area contributed by atoms with Crippen LogP contribution in [0.15, 0.2) is 26.0 Å². The molecule has 0 saturated heterocycles. The first-order chi connectivity index (χ1) is 7.24. The highest BCUT2D eigenvalue weighted by atomic mass is 79.9. The Morgan fingerprint density at radius 3 is 2.06 bits per heavy atom. The number of rotatable bonds is 3. The summed E-state index contributed by atoms with van der Waals surface area (Å²) in [6, 6.07) is 3.07. The van der Waals surface area contributed by atoms with Gasteiger partial charge in [-0.1, -0.05) is 0 Å². The van der Waals surface area contributed by atoms with Crippen LogP contribution in [0.5, 0.6) is 0 Å². The van der Waals surface area contributed by atoms with Gasteiger partial charge in [0.05, 0.1) is 0 Å². The van der Waals surface area contributed by atoms with Gasteiger partial charge in [0.25, 0.3) is 10.0 Å². The van der Waals surface area contributed by atoms with E-state index in [0.29, 0.717) is 14.6 Å². The van der Waals surface area contributed by atoms with Gasteiger partial charge in [-0.05, 0) is 44.0 Å². The van der Waals surface area contributed by atoms with Gasteiger partial charge < -0.3 is 5.73 Å². The molecular weight excluding hydrogens is 362 g/mol. The second-order valence-corrected chi connectivity index (χ2v) is 6.61. The molecule has 0 saturated carbocycles. The van der Waals surface area contributed by atoms with Crippen molar-refractivity contribution in [3.05, 3.63) is 21.1 Å². The normalized spacial score (nSPS) is 12.1. The number of hydrogen-bond donors (Lipinski definition) is 2. The molecule has 1 aromatic rings. The largest absolute Gasteiger partial charge is 0.399 e. The molecule has 0 aliphatic carbocycles. The number of hydrogen-bond acceptors (Lipinski definition) is 4. The molecule has 0 aliphatic rings. The zero-order chi connectivity index (χ0) is 12.5. The van der Waals surface area contributed by atoms with Crippen molar-refractivity contribution in [3.63, 3.8) is 0 Å². The van der Waals surface area contributed by atoms with Crippen LogP contribution in [0.2, 0.25) is 0 Å². The molecule has 0 atom stereocenters. The van der Waals surface area contributed by atoms with E-state index in [0.717, 1.165) is 0 Å². The second kappa shape index (κ2) is 5.01. The molecule has 0 aliphatic heterocycles. The van der Waals surface area contributed by atoms with Crippen LogP contribution in [0.25, 0.3) is 0 Å². The minimum atomic E-state index is -3.61. The Kier molecular flexibility index (Phi) is 4.35. The molecule has 0 amide bonds. The van der Waals surface area contributed by atoms with Gasteiger partial charge in [-0.25, -0.2) is 13.4 Å². The molecular formula is C8H11Br2N3O2S. The Labute approximate surface area is 111 Å². The molecule has 0 bridgehead atoms. The number of nitrogens with one attached hydrogen (secondary N) is 1. The lowest BCUT2D eigenvalue weighted by atomic mass is 10.3. The molecule has 0 spiro atoms. The second-order valence-electron chi connectivity index (χ2n) is 3.30. The molecule has 16 heavy (non-hydrogen) atoms. The summed E-state index contributed by atoms with van der Waals surface area (Å²) in [6.07, 6.45) is 0. The summed E-state index contributed by atoms with van der Waals surface area (Å²) in [5.41, 5.74) is 6.06. The fraction of sp³-hybridized carbons (Fsp3) is 0.250. The van der Waals surface area contributed by atoms with Crippen molar-refractivity contribution < 1.29 is 8.42 Å². The lowest BCUT2D eigenvalue weighted by Crippen LogP contribution is -2.36. The lowest BCUT2D eigenvalue weighted by molar-refractivity contribution is 0.364. The Morgan fingerprint density at radius 1 is 1.25 bits per heavy atom. The van der Waals surface area contributed by atoms with E-state index in [2.05, 4.69) is 36.7 Å². The third-order valence-corrected chi connectivity index (χ3v) is 4.95. The number of anilines is 1. The van der Waals surface area contributed by atoms with E-state index in [1.165, 1.54) is 17.1 Å². The van der Waals surface area contributed by atoms with Crippen LogP contribution in [0, 0.1) is 0 Å². The first-order valence-electron chi connectivity index (χ1n) is 4.18. The molecule has 90 valence electrons. The van der Waals surface area contributed by atoms with Crippen LogP contribution in [0.4, 0.5) is 5.69 Å². The number of sulfonamides is 1. The topological polar surface area (TPSA) is 75.4 Å².